The minimum absolute atomic E-state index is 0.616. The van der Waals surface area contributed by atoms with Gasteiger partial charge in [0.15, 0.2) is 29.0 Å². The highest BCUT2D eigenvalue weighted by atomic mass is 32.2. The van der Waals surface area contributed by atoms with E-state index < -0.39 is 0 Å². The number of para-hydroxylation sites is 4. The lowest BCUT2D eigenvalue weighted by atomic mass is 10.0. The molecule has 11 rings (SSSR count). The average Bonchev–Trinajstić information content (AvgIpc) is 3.30. The maximum atomic E-state index is 6.65. The molecule has 274 valence electrons. The summed E-state index contributed by atoms with van der Waals surface area (Å²) in [6, 6.07) is 69.2. The second kappa shape index (κ2) is 14.2. The fraction of sp³-hybridized carbons (Fsp3) is 0. The molecule has 0 fully saturated rings. The summed E-state index contributed by atoms with van der Waals surface area (Å²) >= 11 is 1.81. The monoisotopic (exact) mass is 763 g/mol. The van der Waals surface area contributed by atoms with Crippen LogP contribution in [0.3, 0.4) is 0 Å². The molecule has 58 heavy (non-hydrogen) atoms. The summed E-state index contributed by atoms with van der Waals surface area (Å²) in [5.74, 6) is 3.47. The number of anilines is 6. The molecule has 2 aliphatic heterocycles. The molecule has 0 N–H and O–H groups in total. The molecule has 0 radical (unpaired) electrons. The van der Waals surface area contributed by atoms with Crippen LogP contribution in [0.1, 0.15) is 0 Å². The van der Waals surface area contributed by atoms with Gasteiger partial charge in [0.2, 0.25) is 0 Å². The van der Waals surface area contributed by atoms with E-state index in [2.05, 4.69) is 131 Å². The molecule has 0 saturated carbocycles. The Kier molecular flexibility index (Phi) is 8.30. The van der Waals surface area contributed by atoms with Gasteiger partial charge < -0.3 is 14.5 Å². The minimum Gasteiger partial charge on any atom is -0.453 e. The van der Waals surface area contributed by atoms with Gasteiger partial charge in [-0.05, 0) is 96.1 Å². The van der Waals surface area contributed by atoms with E-state index >= 15 is 0 Å². The van der Waals surface area contributed by atoms with Crippen LogP contribution < -0.4 is 14.5 Å². The number of nitrogens with zero attached hydrogens (tertiary/aromatic N) is 5. The van der Waals surface area contributed by atoms with Gasteiger partial charge in [-0.2, -0.15) is 0 Å². The Morgan fingerprint density at radius 1 is 0.328 bits per heavy atom. The number of ether oxygens (including phenoxy) is 1. The maximum absolute atomic E-state index is 6.65. The van der Waals surface area contributed by atoms with E-state index in [0.29, 0.717) is 17.5 Å². The molecule has 6 nitrogen and oxygen atoms in total. The predicted molar refractivity (Wildman–Crippen MR) is 235 cm³/mol. The van der Waals surface area contributed by atoms with E-state index in [1.807, 2.05) is 90.6 Å². The molecule has 0 saturated heterocycles. The zero-order valence-electron chi connectivity index (χ0n) is 31.1. The average molecular weight is 764 g/mol. The van der Waals surface area contributed by atoms with E-state index in [9.17, 15) is 0 Å². The Morgan fingerprint density at radius 2 is 0.776 bits per heavy atom. The van der Waals surface area contributed by atoms with Crippen LogP contribution in [0.4, 0.5) is 34.1 Å². The lowest BCUT2D eigenvalue weighted by Gasteiger charge is -2.34. The van der Waals surface area contributed by atoms with Crippen molar-refractivity contribution < 1.29 is 4.74 Å². The summed E-state index contributed by atoms with van der Waals surface area (Å²) in [6.07, 6.45) is 0. The van der Waals surface area contributed by atoms with Gasteiger partial charge in [-0.1, -0.05) is 127 Å². The first-order valence-corrected chi connectivity index (χ1v) is 20.0. The number of fused-ring (bicyclic) bond motifs is 4. The molecule has 0 atom stereocenters. The third kappa shape index (κ3) is 6.05. The first kappa shape index (κ1) is 33.8. The van der Waals surface area contributed by atoms with E-state index in [0.717, 1.165) is 62.1 Å². The van der Waals surface area contributed by atoms with Crippen LogP contribution in [-0.2, 0) is 0 Å². The summed E-state index contributed by atoms with van der Waals surface area (Å²) in [6.45, 7) is 0. The van der Waals surface area contributed by atoms with Gasteiger partial charge >= 0.3 is 0 Å². The van der Waals surface area contributed by atoms with Crippen LogP contribution in [0.2, 0.25) is 0 Å². The van der Waals surface area contributed by atoms with Crippen molar-refractivity contribution in [3.63, 3.8) is 0 Å². The van der Waals surface area contributed by atoms with Crippen molar-refractivity contribution in [3.8, 4) is 56.8 Å². The van der Waals surface area contributed by atoms with Gasteiger partial charge in [0, 0.05) is 37.9 Å². The molecule has 1 aromatic heterocycles. The topological polar surface area (TPSA) is 54.4 Å². The lowest BCUT2D eigenvalue weighted by Crippen LogP contribution is -2.16. The zero-order valence-corrected chi connectivity index (χ0v) is 31.9. The van der Waals surface area contributed by atoms with Crippen LogP contribution in [0.25, 0.3) is 45.3 Å². The lowest BCUT2D eigenvalue weighted by molar-refractivity contribution is 0.477. The molecule has 0 spiro atoms. The van der Waals surface area contributed by atoms with Crippen molar-refractivity contribution in [1.82, 2.24) is 15.0 Å². The SMILES string of the molecule is c1ccc(-c2nc(-c3ccccc3)nc(-c3ccc(N4c5ccccc5Oc5cc(-c6ccc7c(c6)Sc6ccccc6N7c6ccccc6)ccc54)cc3)n2)cc1. The molecule has 0 amide bonds. The number of aromatic nitrogens is 3. The van der Waals surface area contributed by atoms with E-state index in [-0.39, 0.29) is 0 Å². The molecule has 0 aliphatic carbocycles. The summed E-state index contributed by atoms with van der Waals surface area (Å²) in [4.78, 5) is 21.8. The number of rotatable bonds is 6. The normalized spacial score (nSPS) is 12.5. The second-order valence-electron chi connectivity index (χ2n) is 14.1. The van der Waals surface area contributed by atoms with Crippen LogP contribution in [0.5, 0.6) is 11.5 Å². The Balaban J connectivity index is 0.954. The molecule has 0 unspecified atom stereocenters. The van der Waals surface area contributed by atoms with Gasteiger partial charge in [0.25, 0.3) is 0 Å². The molecule has 2 aliphatic rings. The largest absolute Gasteiger partial charge is 0.453 e. The molecule has 0 bridgehead atoms. The standard InChI is InChI=1S/C51H33N5OS/c1-4-14-34(15-5-1)49-52-50(35-16-6-2-7-17-35)54-51(53-49)36-24-28-40(29-25-36)55-41-20-10-12-22-45(41)57-46-32-37(26-30-42(46)55)38-27-31-44-48(33-38)58-47-23-13-11-21-43(47)56(44)39-18-8-3-9-19-39/h1-33H. The molecular weight excluding hydrogens is 731 g/mol. The summed E-state index contributed by atoms with van der Waals surface area (Å²) < 4.78 is 6.65. The van der Waals surface area contributed by atoms with E-state index in [1.165, 1.54) is 21.2 Å². The van der Waals surface area contributed by atoms with Crippen LogP contribution >= 0.6 is 11.8 Å². The van der Waals surface area contributed by atoms with Crippen molar-refractivity contribution in [3.05, 3.63) is 200 Å². The fourth-order valence-electron chi connectivity index (χ4n) is 7.70. The Morgan fingerprint density at radius 3 is 1.45 bits per heavy atom. The molecule has 7 heteroatoms. The molecule has 3 heterocycles. The van der Waals surface area contributed by atoms with Gasteiger partial charge in [-0.15, -0.1) is 0 Å². The maximum Gasteiger partial charge on any atom is 0.164 e. The Bertz CT molecular complexity index is 2900. The molecular formula is C51H33N5OS. The summed E-state index contributed by atoms with van der Waals surface area (Å²) in [7, 11) is 0. The first-order chi connectivity index (χ1) is 28.7. The van der Waals surface area contributed by atoms with Crippen LogP contribution in [0.15, 0.2) is 210 Å². The van der Waals surface area contributed by atoms with Crippen molar-refractivity contribution in [2.45, 2.75) is 9.79 Å². The van der Waals surface area contributed by atoms with Crippen molar-refractivity contribution >= 4 is 45.9 Å². The van der Waals surface area contributed by atoms with Crippen molar-refractivity contribution in [2.24, 2.45) is 0 Å². The minimum atomic E-state index is 0.616. The number of hydrogen-bond acceptors (Lipinski definition) is 7. The third-order valence-corrected chi connectivity index (χ3v) is 11.6. The first-order valence-electron chi connectivity index (χ1n) is 19.2. The van der Waals surface area contributed by atoms with Gasteiger partial charge in [-0.25, -0.2) is 15.0 Å². The van der Waals surface area contributed by atoms with Crippen LogP contribution in [0, 0.1) is 0 Å². The van der Waals surface area contributed by atoms with E-state index in [4.69, 9.17) is 19.7 Å². The predicted octanol–water partition coefficient (Wildman–Crippen LogP) is 14.0. The van der Waals surface area contributed by atoms with Crippen molar-refractivity contribution in [1.29, 1.82) is 0 Å². The van der Waals surface area contributed by atoms with Crippen LogP contribution in [-0.4, -0.2) is 15.0 Å². The number of hydrogen-bond donors (Lipinski definition) is 0. The van der Waals surface area contributed by atoms with Gasteiger partial charge in [-0.3, -0.25) is 0 Å². The fourth-order valence-corrected chi connectivity index (χ4v) is 8.80. The highest BCUT2D eigenvalue weighted by Crippen LogP contribution is 2.54. The highest BCUT2D eigenvalue weighted by molar-refractivity contribution is 7.99. The Labute approximate surface area is 340 Å². The quantitative estimate of drug-likeness (QED) is 0.167. The molecule has 8 aromatic carbocycles. The van der Waals surface area contributed by atoms with Gasteiger partial charge in [0.05, 0.1) is 22.7 Å². The highest BCUT2D eigenvalue weighted by Gasteiger charge is 2.28. The zero-order chi connectivity index (χ0) is 38.4. The Hall–Kier alpha value is -7.48. The third-order valence-electron chi connectivity index (χ3n) is 10.5. The number of benzene rings is 8. The van der Waals surface area contributed by atoms with E-state index in [1.54, 1.807) is 0 Å². The smallest absolute Gasteiger partial charge is 0.164 e. The van der Waals surface area contributed by atoms with Gasteiger partial charge in [0.1, 0.15) is 0 Å². The van der Waals surface area contributed by atoms with Crippen molar-refractivity contribution in [2.75, 3.05) is 9.80 Å². The summed E-state index contributed by atoms with van der Waals surface area (Å²) in [5.41, 5.74) is 11.4. The summed E-state index contributed by atoms with van der Waals surface area (Å²) in [5, 5.41) is 0. The molecule has 9 aromatic rings. The second-order valence-corrected chi connectivity index (χ2v) is 15.2.